The lowest BCUT2D eigenvalue weighted by atomic mass is 9.99. The number of nitrogens with one attached hydrogen (secondary N) is 1. The van der Waals surface area contributed by atoms with Crippen LogP contribution in [0.4, 0.5) is 0 Å². The van der Waals surface area contributed by atoms with E-state index < -0.39 is 0 Å². The Morgan fingerprint density at radius 1 is 1.30 bits per heavy atom. The van der Waals surface area contributed by atoms with E-state index in [1.807, 2.05) is 0 Å². The van der Waals surface area contributed by atoms with Gasteiger partial charge >= 0.3 is 0 Å². The molecule has 0 radical (unpaired) electrons. The number of ether oxygens (including phenoxy) is 1. The number of benzene rings is 1. The summed E-state index contributed by atoms with van der Waals surface area (Å²) in [5.74, 6) is 0. The van der Waals surface area contributed by atoms with E-state index in [4.69, 9.17) is 4.74 Å². The summed E-state index contributed by atoms with van der Waals surface area (Å²) in [4.78, 5) is 2.40. The molecule has 1 aromatic carbocycles. The van der Waals surface area contributed by atoms with Crippen LogP contribution in [0.1, 0.15) is 43.9 Å². The van der Waals surface area contributed by atoms with Gasteiger partial charge in [0.25, 0.3) is 0 Å². The van der Waals surface area contributed by atoms with Gasteiger partial charge in [-0.05, 0) is 58.0 Å². The minimum absolute atomic E-state index is 0.364. The molecule has 1 unspecified atom stereocenters. The quantitative estimate of drug-likeness (QED) is 0.775. The van der Waals surface area contributed by atoms with Crippen molar-refractivity contribution in [3.05, 3.63) is 35.4 Å². The molecule has 0 saturated heterocycles. The molecule has 3 nitrogen and oxygen atoms in total. The molecule has 1 heterocycles. The molecule has 112 valence electrons. The highest BCUT2D eigenvalue weighted by atomic mass is 16.5. The van der Waals surface area contributed by atoms with Gasteiger partial charge in [-0.1, -0.05) is 24.3 Å². The summed E-state index contributed by atoms with van der Waals surface area (Å²) in [6.45, 7) is 8.28. The molecule has 2 rings (SSSR count). The largest absolute Gasteiger partial charge is 0.375 e. The van der Waals surface area contributed by atoms with Crippen molar-refractivity contribution in [3.63, 3.8) is 0 Å². The van der Waals surface area contributed by atoms with E-state index in [9.17, 15) is 0 Å². The molecular formula is C17H28N2O. The second-order valence-corrected chi connectivity index (χ2v) is 6.00. The molecule has 0 spiro atoms. The number of hydrogen-bond donors (Lipinski definition) is 1. The van der Waals surface area contributed by atoms with Crippen LogP contribution in [0.5, 0.6) is 0 Å². The van der Waals surface area contributed by atoms with Crippen LogP contribution in [0.15, 0.2) is 24.3 Å². The summed E-state index contributed by atoms with van der Waals surface area (Å²) >= 11 is 0. The molecule has 0 saturated carbocycles. The first kappa shape index (κ1) is 15.5. The fourth-order valence-corrected chi connectivity index (χ4v) is 2.57. The summed E-state index contributed by atoms with van der Waals surface area (Å²) in [7, 11) is 2.20. The standard InChI is InChI=1S/C17H28N2O/c1-14(2)19(3)11-7-6-10-18-17-13-20-12-15-8-4-5-9-16(15)17/h4-5,8-9,14,17-18H,6-7,10-13H2,1-3H3. The van der Waals surface area contributed by atoms with E-state index in [1.54, 1.807) is 0 Å². The molecule has 0 bridgehead atoms. The van der Waals surface area contributed by atoms with Crippen LogP contribution in [0, 0.1) is 0 Å². The van der Waals surface area contributed by atoms with Crippen molar-refractivity contribution < 1.29 is 4.74 Å². The predicted octanol–water partition coefficient (Wildman–Crippen LogP) is 2.97. The zero-order valence-electron chi connectivity index (χ0n) is 13.1. The highest BCUT2D eigenvalue weighted by molar-refractivity contribution is 5.30. The van der Waals surface area contributed by atoms with E-state index in [1.165, 1.54) is 30.5 Å². The van der Waals surface area contributed by atoms with Gasteiger partial charge in [-0.2, -0.15) is 0 Å². The Morgan fingerprint density at radius 2 is 2.10 bits per heavy atom. The van der Waals surface area contributed by atoms with Crippen LogP contribution in [-0.2, 0) is 11.3 Å². The molecule has 0 fully saturated rings. The van der Waals surface area contributed by atoms with Crippen molar-refractivity contribution in [2.75, 3.05) is 26.7 Å². The van der Waals surface area contributed by atoms with Crippen molar-refractivity contribution in [2.24, 2.45) is 0 Å². The highest BCUT2D eigenvalue weighted by Gasteiger charge is 2.19. The van der Waals surface area contributed by atoms with Gasteiger partial charge in [0.2, 0.25) is 0 Å². The first-order valence-corrected chi connectivity index (χ1v) is 7.77. The third-order valence-corrected chi connectivity index (χ3v) is 4.18. The van der Waals surface area contributed by atoms with E-state index in [0.717, 1.165) is 19.8 Å². The normalized spacial score (nSPS) is 18.6. The minimum atomic E-state index is 0.364. The number of hydrogen-bond acceptors (Lipinski definition) is 3. The molecule has 20 heavy (non-hydrogen) atoms. The molecule has 1 aliphatic rings. The Hall–Kier alpha value is -0.900. The van der Waals surface area contributed by atoms with Crippen molar-refractivity contribution in [1.82, 2.24) is 10.2 Å². The lowest BCUT2D eigenvalue weighted by Crippen LogP contribution is -2.31. The first-order chi connectivity index (χ1) is 9.68. The molecule has 1 N–H and O–H groups in total. The highest BCUT2D eigenvalue weighted by Crippen LogP contribution is 2.24. The van der Waals surface area contributed by atoms with Crippen molar-refractivity contribution >= 4 is 0 Å². The SMILES string of the molecule is CC(C)N(C)CCCCNC1COCc2ccccc21. The van der Waals surface area contributed by atoms with E-state index in [0.29, 0.717) is 12.1 Å². The lowest BCUT2D eigenvalue weighted by Gasteiger charge is -2.27. The summed E-state index contributed by atoms with van der Waals surface area (Å²) < 4.78 is 5.66. The van der Waals surface area contributed by atoms with E-state index in [-0.39, 0.29) is 0 Å². The van der Waals surface area contributed by atoms with Gasteiger partial charge in [0.15, 0.2) is 0 Å². The average molecular weight is 276 g/mol. The topological polar surface area (TPSA) is 24.5 Å². The molecule has 0 amide bonds. The number of rotatable bonds is 7. The Morgan fingerprint density at radius 3 is 2.90 bits per heavy atom. The maximum Gasteiger partial charge on any atom is 0.0721 e. The Kier molecular flexibility index (Phi) is 6.02. The molecule has 1 atom stereocenters. The number of unbranched alkanes of at least 4 members (excludes halogenated alkanes) is 1. The zero-order chi connectivity index (χ0) is 14.4. The van der Waals surface area contributed by atoms with E-state index in [2.05, 4.69) is 55.4 Å². The fraction of sp³-hybridized carbons (Fsp3) is 0.647. The first-order valence-electron chi connectivity index (χ1n) is 7.77. The summed E-state index contributed by atoms with van der Waals surface area (Å²) in [5.41, 5.74) is 2.74. The van der Waals surface area contributed by atoms with Crippen molar-refractivity contribution in [2.45, 2.75) is 45.4 Å². The summed E-state index contributed by atoms with van der Waals surface area (Å²) in [6.07, 6.45) is 2.46. The summed E-state index contributed by atoms with van der Waals surface area (Å²) in [6, 6.07) is 9.61. The van der Waals surface area contributed by atoms with Gasteiger partial charge in [-0.15, -0.1) is 0 Å². The Balaban J connectivity index is 1.70. The second kappa shape index (κ2) is 7.77. The lowest BCUT2D eigenvalue weighted by molar-refractivity contribution is 0.0820. The molecular weight excluding hydrogens is 248 g/mol. The molecule has 3 heteroatoms. The van der Waals surface area contributed by atoms with Crippen LogP contribution >= 0.6 is 0 Å². The number of nitrogens with zero attached hydrogens (tertiary/aromatic N) is 1. The molecule has 1 aromatic rings. The average Bonchev–Trinajstić information content (AvgIpc) is 2.46. The zero-order valence-corrected chi connectivity index (χ0v) is 13.1. The van der Waals surface area contributed by atoms with Crippen LogP contribution in [0.2, 0.25) is 0 Å². The Bertz CT molecular complexity index is 406. The molecule has 1 aliphatic heterocycles. The van der Waals surface area contributed by atoms with Gasteiger partial charge < -0.3 is 15.0 Å². The molecule has 0 aromatic heterocycles. The van der Waals surface area contributed by atoms with Gasteiger partial charge in [0.05, 0.1) is 19.3 Å². The van der Waals surface area contributed by atoms with Gasteiger partial charge in [0.1, 0.15) is 0 Å². The molecule has 0 aliphatic carbocycles. The maximum atomic E-state index is 5.66. The number of fused-ring (bicyclic) bond motifs is 1. The van der Waals surface area contributed by atoms with Crippen LogP contribution in [0.25, 0.3) is 0 Å². The Labute approximate surface area is 123 Å². The predicted molar refractivity (Wildman–Crippen MR) is 83.8 cm³/mol. The van der Waals surface area contributed by atoms with Gasteiger partial charge in [-0.3, -0.25) is 0 Å². The van der Waals surface area contributed by atoms with Crippen molar-refractivity contribution in [3.8, 4) is 0 Å². The van der Waals surface area contributed by atoms with E-state index >= 15 is 0 Å². The van der Waals surface area contributed by atoms with Gasteiger partial charge in [0, 0.05) is 6.04 Å². The van der Waals surface area contributed by atoms with Crippen LogP contribution in [0.3, 0.4) is 0 Å². The smallest absolute Gasteiger partial charge is 0.0721 e. The summed E-state index contributed by atoms with van der Waals surface area (Å²) in [5, 5.41) is 3.64. The third kappa shape index (κ3) is 4.30. The van der Waals surface area contributed by atoms with Crippen LogP contribution < -0.4 is 5.32 Å². The van der Waals surface area contributed by atoms with Crippen LogP contribution in [-0.4, -0.2) is 37.7 Å². The minimum Gasteiger partial charge on any atom is -0.375 e. The fourth-order valence-electron chi connectivity index (χ4n) is 2.57. The second-order valence-electron chi connectivity index (χ2n) is 6.00. The van der Waals surface area contributed by atoms with Gasteiger partial charge in [-0.25, -0.2) is 0 Å². The van der Waals surface area contributed by atoms with Crippen molar-refractivity contribution in [1.29, 1.82) is 0 Å². The maximum absolute atomic E-state index is 5.66. The third-order valence-electron chi connectivity index (χ3n) is 4.18. The monoisotopic (exact) mass is 276 g/mol.